The Morgan fingerprint density at radius 1 is 1.26 bits per heavy atom. The molecule has 1 amide bonds. The number of alkyl carbamates (subject to hydrolysis) is 1. The van der Waals surface area contributed by atoms with Gasteiger partial charge in [0.15, 0.2) is 0 Å². The molecule has 0 radical (unpaired) electrons. The molecule has 34 heavy (non-hydrogen) atoms. The molecular formula is C23H36N6O4S. The highest BCUT2D eigenvalue weighted by molar-refractivity contribution is 7.92. The van der Waals surface area contributed by atoms with Crippen LogP contribution in [0.2, 0.25) is 0 Å². The zero-order chi connectivity index (χ0) is 25.3. The molecule has 3 rings (SSSR count). The predicted molar refractivity (Wildman–Crippen MR) is 133 cm³/mol. The number of nitrogens with one attached hydrogen (secondary N) is 2. The molecule has 2 heterocycles. The normalized spacial score (nSPS) is 18.7. The highest BCUT2D eigenvalue weighted by Gasteiger charge is 2.32. The van der Waals surface area contributed by atoms with Crippen LogP contribution >= 0.6 is 0 Å². The lowest BCUT2D eigenvalue weighted by molar-refractivity contribution is 0.0981. The summed E-state index contributed by atoms with van der Waals surface area (Å²) < 4.78 is 32.2. The highest BCUT2D eigenvalue weighted by Crippen LogP contribution is 2.37. The Labute approximate surface area is 202 Å². The van der Waals surface area contributed by atoms with Gasteiger partial charge in [-0.15, -0.1) is 0 Å². The van der Waals surface area contributed by atoms with Gasteiger partial charge >= 0.3 is 6.09 Å². The summed E-state index contributed by atoms with van der Waals surface area (Å²) >= 11 is 0. The monoisotopic (exact) mass is 492 g/mol. The number of sulfonamides is 1. The van der Waals surface area contributed by atoms with Gasteiger partial charge in [0.1, 0.15) is 17.7 Å². The number of hydrogen-bond acceptors (Lipinski definition) is 7. The van der Waals surface area contributed by atoms with Gasteiger partial charge in [-0.05, 0) is 66.0 Å². The SMILES string of the molecule is CC(C)NC(=O)O[C@@H]1CC[C@H](c2cc(Nc3ccc(N(C)S(C)(=O)=O)cn3)n(C(C)(C)C)n2)C1. The summed E-state index contributed by atoms with van der Waals surface area (Å²) in [6, 6.07) is 5.50. The van der Waals surface area contributed by atoms with E-state index in [1.165, 1.54) is 17.5 Å². The van der Waals surface area contributed by atoms with E-state index < -0.39 is 10.0 Å². The average Bonchev–Trinajstić information content (AvgIpc) is 3.33. The number of amides is 1. The van der Waals surface area contributed by atoms with Gasteiger partial charge in [0.05, 0.1) is 29.4 Å². The van der Waals surface area contributed by atoms with Crippen molar-refractivity contribution >= 4 is 33.4 Å². The van der Waals surface area contributed by atoms with Crippen LogP contribution in [0.3, 0.4) is 0 Å². The number of aromatic nitrogens is 3. The van der Waals surface area contributed by atoms with Crippen LogP contribution in [0.1, 0.15) is 65.5 Å². The third-order valence-corrected chi connectivity index (χ3v) is 6.92. The number of anilines is 3. The minimum Gasteiger partial charge on any atom is -0.446 e. The maximum atomic E-state index is 12.0. The minimum atomic E-state index is -3.35. The van der Waals surface area contributed by atoms with Crippen molar-refractivity contribution in [2.24, 2.45) is 0 Å². The van der Waals surface area contributed by atoms with E-state index in [1.807, 2.05) is 24.6 Å². The topological polar surface area (TPSA) is 118 Å². The van der Waals surface area contributed by atoms with Crippen LogP contribution in [0.4, 0.5) is 22.1 Å². The van der Waals surface area contributed by atoms with Crippen molar-refractivity contribution in [2.75, 3.05) is 22.9 Å². The maximum absolute atomic E-state index is 12.0. The number of rotatable bonds is 7. The molecule has 2 N–H and O–H groups in total. The Balaban J connectivity index is 1.75. The second-order valence-electron chi connectivity index (χ2n) is 10.1. The van der Waals surface area contributed by atoms with E-state index in [0.717, 1.165) is 37.0 Å². The first-order valence-corrected chi connectivity index (χ1v) is 13.3. The molecule has 0 aromatic carbocycles. The lowest BCUT2D eigenvalue weighted by Gasteiger charge is -2.23. The molecule has 1 saturated carbocycles. The fourth-order valence-corrected chi connectivity index (χ4v) is 4.40. The van der Waals surface area contributed by atoms with Crippen LogP contribution in [0.15, 0.2) is 24.4 Å². The summed E-state index contributed by atoms with van der Waals surface area (Å²) in [4.78, 5) is 16.3. The van der Waals surface area contributed by atoms with Gasteiger partial charge in [0.25, 0.3) is 0 Å². The van der Waals surface area contributed by atoms with Crippen molar-refractivity contribution in [3.8, 4) is 0 Å². The average molecular weight is 493 g/mol. The van der Waals surface area contributed by atoms with E-state index in [9.17, 15) is 13.2 Å². The molecule has 2 aromatic heterocycles. The van der Waals surface area contributed by atoms with Crippen LogP contribution in [0.5, 0.6) is 0 Å². The Kier molecular flexibility index (Phi) is 7.44. The molecule has 10 nitrogen and oxygen atoms in total. The lowest BCUT2D eigenvalue weighted by Crippen LogP contribution is -2.33. The van der Waals surface area contributed by atoms with E-state index in [1.54, 1.807) is 12.1 Å². The first-order valence-electron chi connectivity index (χ1n) is 11.5. The Morgan fingerprint density at radius 3 is 2.53 bits per heavy atom. The fraction of sp³-hybridized carbons (Fsp3) is 0.609. The lowest BCUT2D eigenvalue weighted by atomic mass is 10.0. The van der Waals surface area contributed by atoms with Gasteiger partial charge in [-0.25, -0.2) is 22.9 Å². The van der Waals surface area contributed by atoms with Crippen molar-refractivity contribution in [1.82, 2.24) is 20.1 Å². The molecule has 188 valence electrons. The van der Waals surface area contributed by atoms with E-state index in [0.29, 0.717) is 11.5 Å². The summed E-state index contributed by atoms with van der Waals surface area (Å²) in [7, 11) is -1.86. The Morgan fingerprint density at radius 2 is 1.97 bits per heavy atom. The van der Waals surface area contributed by atoms with Gasteiger partial charge in [-0.3, -0.25) is 4.31 Å². The molecule has 0 spiro atoms. The summed E-state index contributed by atoms with van der Waals surface area (Å²) in [5.41, 5.74) is 1.15. The molecule has 1 fully saturated rings. The van der Waals surface area contributed by atoms with Gasteiger partial charge < -0.3 is 15.4 Å². The number of pyridine rings is 1. The molecule has 1 aliphatic carbocycles. The fourth-order valence-electron chi connectivity index (χ4n) is 3.91. The molecule has 1 aliphatic rings. The van der Waals surface area contributed by atoms with Crippen LogP contribution in [0.25, 0.3) is 0 Å². The van der Waals surface area contributed by atoms with Crippen molar-refractivity contribution < 1.29 is 17.9 Å². The predicted octanol–water partition coefficient (Wildman–Crippen LogP) is 3.94. The third kappa shape index (κ3) is 6.40. The van der Waals surface area contributed by atoms with Gasteiger partial charge in [-0.2, -0.15) is 5.10 Å². The number of hydrogen-bond donors (Lipinski definition) is 2. The number of carbonyl (C=O) groups is 1. The smallest absolute Gasteiger partial charge is 0.407 e. The molecule has 11 heteroatoms. The Hall–Kier alpha value is -2.82. The molecule has 0 unspecified atom stereocenters. The van der Waals surface area contributed by atoms with Crippen LogP contribution in [-0.4, -0.2) is 54.7 Å². The van der Waals surface area contributed by atoms with Crippen LogP contribution in [0, 0.1) is 0 Å². The number of carbonyl (C=O) groups excluding carboxylic acids is 1. The first-order chi connectivity index (χ1) is 15.7. The van der Waals surface area contributed by atoms with Crippen molar-refractivity contribution in [3.05, 3.63) is 30.1 Å². The zero-order valence-electron chi connectivity index (χ0n) is 21.0. The van der Waals surface area contributed by atoms with E-state index >= 15 is 0 Å². The highest BCUT2D eigenvalue weighted by atomic mass is 32.2. The minimum absolute atomic E-state index is 0.0373. The molecule has 2 aromatic rings. The van der Waals surface area contributed by atoms with Gasteiger partial charge in [-0.1, -0.05) is 0 Å². The van der Waals surface area contributed by atoms with Crippen LogP contribution in [-0.2, 0) is 20.3 Å². The third-order valence-electron chi connectivity index (χ3n) is 5.71. The summed E-state index contributed by atoms with van der Waals surface area (Å²) in [5.74, 6) is 1.57. The summed E-state index contributed by atoms with van der Waals surface area (Å²) in [6.45, 7) is 10.0. The van der Waals surface area contributed by atoms with E-state index in [-0.39, 0.29) is 29.7 Å². The number of nitrogens with zero attached hydrogens (tertiary/aromatic N) is 4. The van der Waals surface area contributed by atoms with E-state index in [4.69, 9.17) is 9.84 Å². The second kappa shape index (κ2) is 9.81. The Bertz CT molecular complexity index is 1110. The van der Waals surface area contributed by atoms with Crippen molar-refractivity contribution in [3.63, 3.8) is 0 Å². The first kappa shape index (κ1) is 25.8. The molecule has 2 atom stereocenters. The van der Waals surface area contributed by atoms with E-state index in [2.05, 4.69) is 36.4 Å². The summed E-state index contributed by atoms with van der Waals surface area (Å²) in [6.07, 6.45) is 4.60. The quantitative estimate of drug-likeness (QED) is 0.601. The van der Waals surface area contributed by atoms with Crippen molar-refractivity contribution in [1.29, 1.82) is 0 Å². The standard InChI is InChI=1S/C23H36N6O4S/c1-15(2)25-22(30)33-18-10-8-16(12-18)19-13-21(29(27-19)23(3,4)5)26-20-11-9-17(14-24-20)28(6)34(7,31)32/h9,11,13-16,18H,8,10,12H2,1-7H3,(H,24,26)(H,25,30)/t16-,18+/m0/s1. The van der Waals surface area contributed by atoms with Gasteiger partial charge in [0.2, 0.25) is 10.0 Å². The zero-order valence-corrected chi connectivity index (χ0v) is 21.8. The molecular weight excluding hydrogens is 456 g/mol. The molecule has 0 aliphatic heterocycles. The second-order valence-corrected chi connectivity index (χ2v) is 12.1. The number of ether oxygens (including phenoxy) is 1. The summed E-state index contributed by atoms with van der Waals surface area (Å²) in [5, 5.41) is 11.0. The van der Waals surface area contributed by atoms with Crippen LogP contribution < -0.4 is 14.9 Å². The molecule has 0 bridgehead atoms. The van der Waals surface area contributed by atoms with Crippen molar-refractivity contribution in [2.45, 2.75) is 77.5 Å². The van der Waals surface area contributed by atoms with Gasteiger partial charge in [0, 0.05) is 25.1 Å². The maximum Gasteiger partial charge on any atom is 0.407 e. The molecule has 0 saturated heterocycles. The largest absolute Gasteiger partial charge is 0.446 e.